The van der Waals surface area contributed by atoms with Gasteiger partial charge in [-0.1, -0.05) is 68.1 Å². The highest BCUT2D eigenvalue weighted by Crippen LogP contribution is 2.22. The molecule has 0 saturated carbocycles. The molecule has 1 aromatic heterocycles. The fourth-order valence-electron chi connectivity index (χ4n) is 2.32. The van der Waals surface area contributed by atoms with Gasteiger partial charge < -0.3 is 10.6 Å². The molecule has 0 aliphatic rings. The van der Waals surface area contributed by atoms with Crippen molar-refractivity contribution in [3.05, 3.63) is 71.5 Å². The smallest absolute Gasteiger partial charge is 0.210 e. The Balaban J connectivity index is 1.57. The lowest BCUT2D eigenvalue weighted by molar-refractivity contribution is 0.291. The monoisotopic (exact) mass is 354 g/mol. The third-order valence-corrected chi connectivity index (χ3v) is 4.87. The van der Waals surface area contributed by atoms with Gasteiger partial charge in [0.2, 0.25) is 5.16 Å². The average Bonchev–Trinajstić information content (AvgIpc) is 2.99. The summed E-state index contributed by atoms with van der Waals surface area (Å²) >= 11 is 1.56. The summed E-state index contributed by atoms with van der Waals surface area (Å²) in [5, 5.41) is 8.96. The van der Waals surface area contributed by atoms with Gasteiger partial charge >= 0.3 is 0 Å². The van der Waals surface area contributed by atoms with Gasteiger partial charge in [0.25, 0.3) is 0 Å². The van der Waals surface area contributed by atoms with Crippen LogP contribution in [0, 0.1) is 0 Å². The number of rotatable bonds is 7. The Morgan fingerprint density at radius 1 is 1.04 bits per heavy atom. The van der Waals surface area contributed by atoms with Gasteiger partial charge in [0.1, 0.15) is 12.4 Å². The molecule has 6 heteroatoms. The molecule has 3 aromatic rings. The first-order valence-corrected chi connectivity index (χ1v) is 9.21. The van der Waals surface area contributed by atoms with Crippen molar-refractivity contribution in [3.63, 3.8) is 0 Å². The Bertz CT molecular complexity index is 800. The Kier molecular flexibility index (Phi) is 5.60. The minimum atomic E-state index is 0.288. The molecular formula is C19H22N4OS. The first kappa shape index (κ1) is 17.4. The van der Waals surface area contributed by atoms with Gasteiger partial charge in [-0.3, -0.25) is 0 Å². The molecule has 3 rings (SSSR count). The number of hydrogen-bond acceptors (Lipinski definition) is 5. The summed E-state index contributed by atoms with van der Waals surface area (Å²) < 4.78 is 7.27. The lowest BCUT2D eigenvalue weighted by atomic mass is 10.0. The van der Waals surface area contributed by atoms with Crippen LogP contribution in [0.2, 0.25) is 0 Å². The minimum Gasteiger partial charge on any atom is -0.486 e. The van der Waals surface area contributed by atoms with Crippen LogP contribution in [0.15, 0.2) is 59.8 Å². The predicted octanol–water partition coefficient (Wildman–Crippen LogP) is 3.99. The van der Waals surface area contributed by atoms with Crippen LogP contribution in [-0.2, 0) is 12.4 Å². The molecule has 2 aromatic carbocycles. The number of aromatic nitrogens is 3. The molecular weight excluding hydrogens is 332 g/mol. The number of nitrogens with zero attached hydrogens (tertiary/aromatic N) is 3. The van der Waals surface area contributed by atoms with Gasteiger partial charge in [-0.2, -0.15) is 0 Å². The van der Waals surface area contributed by atoms with E-state index in [-0.39, 0.29) is 6.61 Å². The fraction of sp³-hybridized carbons (Fsp3) is 0.263. The zero-order valence-corrected chi connectivity index (χ0v) is 15.2. The number of nitrogens with two attached hydrogens (primary N) is 1. The first-order chi connectivity index (χ1) is 12.1. The Morgan fingerprint density at radius 2 is 1.76 bits per heavy atom. The van der Waals surface area contributed by atoms with Crippen LogP contribution in [0.25, 0.3) is 0 Å². The van der Waals surface area contributed by atoms with Crippen molar-refractivity contribution >= 4 is 11.8 Å². The van der Waals surface area contributed by atoms with Crippen molar-refractivity contribution in [2.75, 3.05) is 5.84 Å². The lowest BCUT2D eigenvalue weighted by Crippen LogP contribution is -2.15. The van der Waals surface area contributed by atoms with Crippen LogP contribution >= 0.6 is 11.8 Å². The molecule has 0 radical (unpaired) electrons. The van der Waals surface area contributed by atoms with Crippen LogP contribution in [0.3, 0.4) is 0 Å². The fourth-order valence-corrected chi connectivity index (χ4v) is 3.15. The van der Waals surface area contributed by atoms with E-state index in [1.807, 2.05) is 30.3 Å². The number of benzene rings is 2. The normalized spacial score (nSPS) is 11.0. The number of ether oxygens (including phenoxy) is 1. The maximum atomic E-state index is 6.09. The predicted molar refractivity (Wildman–Crippen MR) is 101 cm³/mol. The molecule has 0 amide bonds. The second-order valence-electron chi connectivity index (χ2n) is 6.06. The van der Waals surface area contributed by atoms with E-state index in [2.05, 4.69) is 48.3 Å². The maximum Gasteiger partial charge on any atom is 0.210 e. The Hall–Kier alpha value is -2.47. The van der Waals surface area contributed by atoms with Crippen molar-refractivity contribution in [2.24, 2.45) is 0 Å². The van der Waals surface area contributed by atoms with E-state index < -0.39 is 0 Å². The van der Waals surface area contributed by atoms with Gasteiger partial charge in [-0.25, -0.2) is 4.68 Å². The highest BCUT2D eigenvalue weighted by Gasteiger charge is 2.11. The molecule has 25 heavy (non-hydrogen) atoms. The van der Waals surface area contributed by atoms with E-state index in [9.17, 15) is 0 Å². The summed E-state index contributed by atoms with van der Waals surface area (Å²) in [6.45, 7) is 4.62. The second kappa shape index (κ2) is 8.07. The quantitative estimate of drug-likeness (QED) is 0.513. The summed E-state index contributed by atoms with van der Waals surface area (Å²) in [6.07, 6.45) is 0. The van der Waals surface area contributed by atoms with E-state index in [1.165, 1.54) is 15.8 Å². The minimum absolute atomic E-state index is 0.288. The molecule has 0 fully saturated rings. The second-order valence-corrected chi connectivity index (χ2v) is 7.00. The highest BCUT2D eigenvalue weighted by atomic mass is 32.2. The standard InChI is InChI=1S/C19H22N4OS/c1-14(2)16-8-10-17(11-9-16)24-12-18-21-22-19(23(18)20)25-13-15-6-4-3-5-7-15/h3-11,14H,12-13,20H2,1-2H3. The van der Waals surface area contributed by atoms with Crippen molar-refractivity contribution in [1.82, 2.24) is 14.9 Å². The van der Waals surface area contributed by atoms with Crippen molar-refractivity contribution in [3.8, 4) is 5.75 Å². The zero-order chi connectivity index (χ0) is 17.6. The molecule has 0 saturated heterocycles. The van der Waals surface area contributed by atoms with Gasteiger partial charge in [0.15, 0.2) is 5.82 Å². The summed E-state index contributed by atoms with van der Waals surface area (Å²) in [5.41, 5.74) is 2.51. The van der Waals surface area contributed by atoms with Gasteiger partial charge in [-0.05, 0) is 29.2 Å². The largest absolute Gasteiger partial charge is 0.486 e. The topological polar surface area (TPSA) is 66.0 Å². The molecule has 0 aliphatic heterocycles. The van der Waals surface area contributed by atoms with Crippen molar-refractivity contribution in [1.29, 1.82) is 0 Å². The maximum absolute atomic E-state index is 6.09. The molecule has 0 spiro atoms. The van der Waals surface area contributed by atoms with Crippen LogP contribution in [0.5, 0.6) is 5.75 Å². The van der Waals surface area contributed by atoms with Crippen LogP contribution < -0.4 is 10.6 Å². The van der Waals surface area contributed by atoms with E-state index in [4.69, 9.17) is 10.6 Å². The number of nitrogen functional groups attached to an aromatic ring is 1. The van der Waals surface area contributed by atoms with Gasteiger partial charge in [-0.15, -0.1) is 10.2 Å². The van der Waals surface area contributed by atoms with Crippen LogP contribution in [-0.4, -0.2) is 14.9 Å². The van der Waals surface area contributed by atoms with E-state index >= 15 is 0 Å². The summed E-state index contributed by atoms with van der Waals surface area (Å²) in [4.78, 5) is 0. The Morgan fingerprint density at radius 3 is 2.44 bits per heavy atom. The molecule has 5 nitrogen and oxygen atoms in total. The third kappa shape index (κ3) is 4.54. The summed E-state index contributed by atoms with van der Waals surface area (Å²) in [6, 6.07) is 18.3. The SMILES string of the molecule is CC(C)c1ccc(OCc2nnc(SCc3ccccc3)n2N)cc1. The molecule has 130 valence electrons. The van der Waals surface area contributed by atoms with Crippen LogP contribution in [0.4, 0.5) is 0 Å². The van der Waals surface area contributed by atoms with Crippen molar-refractivity contribution < 1.29 is 4.74 Å². The zero-order valence-electron chi connectivity index (χ0n) is 14.4. The summed E-state index contributed by atoms with van der Waals surface area (Å²) in [7, 11) is 0. The Labute approximate surface area is 152 Å². The van der Waals surface area contributed by atoms with Gasteiger partial charge in [0, 0.05) is 5.75 Å². The third-order valence-electron chi connectivity index (χ3n) is 3.86. The lowest BCUT2D eigenvalue weighted by Gasteiger charge is -2.09. The first-order valence-electron chi connectivity index (χ1n) is 8.22. The molecule has 0 bridgehead atoms. The highest BCUT2D eigenvalue weighted by molar-refractivity contribution is 7.98. The van der Waals surface area contributed by atoms with Crippen molar-refractivity contribution in [2.45, 2.75) is 37.3 Å². The molecule has 0 atom stereocenters. The van der Waals surface area contributed by atoms with Crippen LogP contribution in [0.1, 0.15) is 36.7 Å². The molecule has 1 heterocycles. The number of thioether (sulfide) groups is 1. The molecule has 2 N–H and O–H groups in total. The van der Waals surface area contributed by atoms with E-state index in [0.29, 0.717) is 16.9 Å². The van der Waals surface area contributed by atoms with Gasteiger partial charge in [0.05, 0.1) is 0 Å². The number of hydrogen-bond donors (Lipinski definition) is 1. The van der Waals surface area contributed by atoms with E-state index in [1.54, 1.807) is 11.8 Å². The molecule has 0 aliphatic carbocycles. The van der Waals surface area contributed by atoms with E-state index in [0.717, 1.165) is 11.5 Å². The molecule has 0 unspecified atom stereocenters. The average molecular weight is 354 g/mol. The summed E-state index contributed by atoms with van der Waals surface area (Å²) in [5.74, 6) is 8.79.